The Morgan fingerprint density at radius 2 is 1.67 bits per heavy atom. The minimum Gasteiger partial charge on any atom is -0.220 e. The van der Waals surface area contributed by atoms with Gasteiger partial charge in [0, 0.05) is 16.0 Å². The van der Waals surface area contributed by atoms with Gasteiger partial charge in [-0.15, -0.1) is 0 Å². The molecule has 1 aromatic heterocycles. The van der Waals surface area contributed by atoms with Gasteiger partial charge in [-0.3, -0.25) is 0 Å². The monoisotopic (exact) mass is 342 g/mol. The lowest BCUT2D eigenvalue weighted by molar-refractivity contribution is 0.929. The Bertz CT molecular complexity index is 589. The van der Waals surface area contributed by atoms with Crippen molar-refractivity contribution >= 4 is 39.1 Å². The maximum Gasteiger partial charge on any atom is 0.142 e. The van der Waals surface area contributed by atoms with Gasteiger partial charge in [-0.2, -0.15) is 0 Å². The van der Waals surface area contributed by atoms with Crippen molar-refractivity contribution in [1.29, 1.82) is 0 Å². The molecule has 1 aromatic carbocycles. The Kier molecular flexibility index (Phi) is 3.31. The van der Waals surface area contributed by atoms with E-state index in [0.717, 1.165) is 28.7 Å². The number of nitrogens with zero attached hydrogens (tertiary/aromatic N) is 2. The molecule has 1 saturated carbocycles. The Balaban J connectivity index is 2.15. The molecule has 1 heterocycles. The van der Waals surface area contributed by atoms with Crippen LogP contribution in [-0.2, 0) is 0 Å². The van der Waals surface area contributed by atoms with Crippen molar-refractivity contribution in [2.75, 3.05) is 0 Å². The molecule has 0 N–H and O–H groups in total. The topological polar surface area (TPSA) is 25.8 Å². The zero-order valence-electron chi connectivity index (χ0n) is 9.33. The molecule has 0 aliphatic heterocycles. The van der Waals surface area contributed by atoms with E-state index in [2.05, 4.69) is 25.9 Å². The smallest absolute Gasteiger partial charge is 0.142 e. The minimum atomic E-state index is 0.420. The molecule has 0 spiro atoms. The fourth-order valence-electron chi connectivity index (χ4n) is 1.83. The van der Waals surface area contributed by atoms with Crippen LogP contribution in [0.25, 0.3) is 11.1 Å². The predicted molar refractivity (Wildman–Crippen MR) is 77.2 cm³/mol. The Morgan fingerprint density at radius 1 is 1.06 bits per heavy atom. The number of benzene rings is 1. The molecule has 0 radical (unpaired) electrons. The van der Waals surface area contributed by atoms with Gasteiger partial charge in [0.05, 0.1) is 5.56 Å². The van der Waals surface area contributed by atoms with Gasteiger partial charge in [-0.1, -0.05) is 57.3 Å². The van der Waals surface area contributed by atoms with Gasteiger partial charge in [-0.05, 0) is 18.9 Å². The number of rotatable bonds is 2. The van der Waals surface area contributed by atoms with Crippen LogP contribution in [0, 0.1) is 0 Å². The molecule has 0 atom stereocenters. The molecule has 0 bridgehead atoms. The Hall–Kier alpha value is -0.640. The molecule has 0 saturated heterocycles. The quantitative estimate of drug-likeness (QED) is 0.709. The lowest BCUT2D eigenvalue weighted by atomic mass is 10.1. The van der Waals surface area contributed by atoms with Gasteiger partial charge in [-0.25, -0.2) is 9.97 Å². The third kappa shape index (κ3) is 2.27. The van der Waals surface area contributed by atoms with Gasteiger partial charge in [0.25, 0.3) is 0 Å². The van der Waals surface area contributed by atoms with E-state index in [1.165, 1.54) is 0 Å². The molecule has 2 nitrogen and oxygen atoms in total. The third-order valence-electron chi connectivity index (χ3n) is 2.92. The van der Waals surface area contributed by atoms with Crippen molar-refractivity contribution in [2.45, 2.75) is 18.8 Å². The summed E-state index contributed by atoms with van der Waals surface area (Å²) in [5.74, 6) is 1.20. The normalized spacial score (nSPS) is 14.8. The standard InChI is InChI=1S/C13H9BrCl2N2/c14-9-4-2-1-3-8(9)10-11(15)17-13(7-5-6-7)18-12(10)16/h1-4,7H,5-6H2. The van der Waals surface area contributed by atoms with E-state index < -0.39 is 0 Å². The third-order valence-corrected chi connectivity index (χ3v) is 4.16. The molecule has 1 aliphatic carbocycles. The summed E-state index contributed by atoms with van der Waals surface area (Å²) in [7, 11) is 0. The van der Waals surface area contributed by atoms with Gasteiger partial charge >= 0.3 is 0 Å². The van der Waals surface area contributed by atoms with Crippen LogP contribution in [0.2, 0.25) is 10.3 Å². The van der Waals surface area contributed by atoms with E-state index >= 15 is 0 Å². The summed E-state index contributed by atoms with van der Waals surface area (Å²) in [6, 6.07) is 7.75. The molecule has 0 amide bonds. The first-order valence-corrected chi connectivity index (χ1v) is 7.19. The van der Waals surface area contributed by atoms with Crippen molar-refractivity contribution in [3.63, 3.8) is 0 Å². The zero-order chi connectivity index (χ0) is 12.7. The number of hydrogen-bond acceptors (Lipinski definition) is 2. The number of aromatic nitrogens is 2. The SMILES string of the molecule is Clc1nc(C2CC2)nc(Cl)c1-c1ccccc1Br. The highest BCUT2D eigenvalue weighted by Crippen LogP contribution is 2.42. The average molecular weight is 344 g/mol. The maximum absolute atomic E-state index is 6.26. The predicted octanol–water partition coefficient (Wildman–Crippen LogP) is 5.09. The number of hydrogen-bond donors (Lipinski definition) is 0. The molecule has 92 valence electrons. The highest BCUT2D eigenvalue weighted by atomic mass is 79.9. The van der Waals surface area contributed by atoms with E-state index in [9.17, 15) is 0 Å². The summed E-state index contributed by atoms with van der Waals surface area (Å²) >= 11 is 16.0. The molecular weight excluding hydrogens is 335 g/mol. The molecule has 3 rings (SSSR count). The molecule has 1 fully saturated rings. The van der Waals surface area contributed by atoms with Crippen LogP contribution in [-0.4, -0.2) is 9.97 Å². The lowest BCUT2D eigenvalue weighted by Crippen LogP contribution is -1.97. The molecular formula is C13H9BrCl2N2. The van der Waals surface area contributed by atoms with Crippen molar-refractivity contribution in [3.8, 4) is 11.1 Å². The first-order chi connectivity index (χ1) is 8.66. The van der Waals surface area contributed by atoms with Crippen molar-refractivity contribution < 1.29 is 0 Å². The van der Waals surface area contributed by atoms with Crippen LogP contribution < -0.4 is 0 Å². The zero-order valence-corrected chi connectivity index (χ0v) is 12.4. The van der Waals surface area contributed by atoms with Gasteiger partial charge < -0.3 is 0 Å². The summed E-state index contributed by atoms with van der Waals surface area (Å²) in [5, 5.41) is 0.840. The Labute approximate surface area is 123 Å². The summed E-state index contributed by atoms with van der Waals surface area (Å²) < 4.78 is 0.927. The maximum atomic E-state index is 6.26. The van der Waals surface area contributed by atoms with Crippen LogP contribution >= 0.6 is 39.1 Å². The molecule has 2 aromatic rings. The van der Waals surface area contributed by atoms with Crippen LogP contribution in [0.1, 0.15) is 24.6 Å². The largest absolute Gasteiger partial charge is 0.220 e. The van der Waals surface area contributed by atoms with Gasteiger partial charge in [0.1, 0.15) is 16.1 Å². The highest BCUT2D eigenvalue weighted by Gasteiger charge is 2.28. The average Bonchev–Trinajstić information content (AvgIpc) is 3.14. The van der Waals surface area contributed by atoms with Crippen LogP contribution in [0.5, 0.6) is 0 Å². The van der Waals surface area contributed by atoms with E-state index in [1.54, 1.807) is 0 Å². The van der Waals surface area contributed by atoms with Crippen molar-refractivity contribution in [3.05, 3.63) is 44.9 Å². The molecule has 1 aliphatic rings. The molecule has 0 unspecified atom stereocenters. The fourth-order valence-corrected chi connectivity index (χ4v) is 2.92. The second kappa shape index (κ2) is 4.80. The second-order valence-electron chi connectivity index (χ2n) is 4.29. The highest BCUT2D eigenvalue weighted by molar-refractivity contribution is 9.10. The van der Waals surface area contributed by atoms with Crippen LogP contribution in [0.15, 0.2) is 28.7 Å². The molecule has 5 heteroatoms. The summed E-state index contributed by atoms with van der Waals surface area (Å²) in [6.45, 7) is 0. The van der Waals surface area contributed by atoms with Crippen molar-refractivity contribution in [1.82, 2.24) is 9.97 Å². The van der Waals surface area contributed by atoms with Gasteiger partial charge in [0.15, 0.2) is 0 Å². The van der Waals surface area contributed by atoms with Crippen LogP contribution in [0.3, 0.4) is 0 Å². The summed E-state index contributed by atoms with van der Waals surface area (Å²) in [4.78, 5) is 8.73. The minimum absolute atomic E-state index is 0.420. The van der Waals surface area contributed by atoms with Gasteiger partial charge in [0.2, 0.25) is 0 Å². The van der Waals surface area contributed by atoms with E-state index in [-0.39, 0.29) is 0 Å². The number of halogens is 3. The van der Waals surface area contributed by atoms with E-state index in [4.69, 9.17) is 23.2 Å². The first-order valence-electron chi connectivity index (χ1n) is 5.64. The van der Waals surface area contributed by atoms with Crippen LogP contribution in [0.4, 0.5) is 0 Å². The van der Waals surface area contributed by atoms with E-state index in [0.29, 0.717) is 21.8 Å². The summed E-state index contributed by atoms with van der Waals surface area (Å²) in [5.41, 5.74) is 1.60. The molecule has 18 heavy (non-hydrogen) atoms. The van der Waals surface area contributed by atoms with E-state index in [1.807, 2.05) is 24.3 Å². The fraction of sp³-hybridized carbons (Fsp3) is 0.231. The second-order valence-corrected chi connectivity index (χ2v) is 5.86. The lowest BCUT2D eigenvalue weighted by Gasteiger charge is -2.09. The summed E-state index contributed by atoms with van der Waals surface area (Å²) in [6.07, 6.45) is 2.25. The Morgan fingerprint density at radius 3 is 2.22 bits per heavy atom. The van der Waals surface area contributed by atoms with Crippen molar-refractivity contribution in [2.24, 2.45) is 0 Å². The first kappa shape index (κ1) is 12.4.